The molecule has 1 aliphatic heterocycles. The van der Waals surface area contributed by atoms with Crippen molar-refractivity contribution in [3.05, 3.63) is 16.1 Å². The number of halogens is 1. The van der Waals surface area contributed by atoms with Crippen LogP contribution in [0.5, 0.6) is 0 Å². The fourth-order valence-electron chi connectivity index (χ4n) is 2.86. The van der Waals surface area contributed by atoms with E-state index in [4.69, 9.17) is 4.74 Å². The molecule has 6 nitrogen and oxygen atoms in total. The Hall–Kier alpha value is -0.450. The molecular weight excluding hydrogens is 461 g/mol. The Morgan fingerprint density at radius 3 is 2.73 bits per heavy atom. The fourth-order valence-corrected chi connectivity index (χ4v) is 3.66. The van der Waals surface area contributed by atoms with Gasteiger partial charge in [0.25, 0.3) is 0 Å². The van der Waals surface area contributed by atoms with Gasteiger partial charge in [0.2, 0.25) is 0 Å². The Labute approximate surface area is 179 Å². The summed E-state index contributed by atoms with van der Waals surface area (Å²) in [5.74, 6) is 0.870. The van der Waals surface area contributed by atoms with Crippen LogP contribution in [0.15, 0.2) is 11.2 Å². The number of likely N-dealkylation sites (tertiary alicyclic amines) is 1. The van der Waals surface area contributed by atoms with Crippen molar-refractivity contribution in [1.29, 1.82) is 0 Å². The minimum Gasteiger partial charge on any atom is -0.377 e. The zero-order valence-corrected chi connectivity index (χ0v) is 19.6. The number of ether oxygens (including phenoxy) is 1. The summed E-state index contributed by atoms with van der Waals surface area (Å²) < 4.78 is 5.65. The predicted octanol–water partition coefficient (Wildman–Crippen LogP) is 2.88. The molecule has 2 heterocycles. The van der Waals surface area contributed by atoms with Gasteiger partial charge in [0.15, 0.2) is 5.96 Å². The molecule has 1 saturated heterocycles. The number of thiazole rings is 1. The van der Waals surface area contributed by atoms with E-state index in [9.17, 15) is 0 Å². The lowest BCUT2D eigenvalue weighted by Gasteiger charge is -2.33. The molecule has 0 bridgehead atoms. The number of aryl methyl sites for hydroxylation is 1. The van der Waals surface area contributed by atoms with Gasteiger partial charge in [0.05, 0.1) is 19.3 Å². The summed E-state index contributed by atoms with van der Waals surface area (Å²) in [5, 5.41) is 8.04. The third-order valence-electron chi connectivity index (χ3n) is 4.37. The van der Waals surface area contributed by atoms with Crippen LogP contribution in [0.2, 0.25) is 0 Å². The van der Waals surface area contributed by atoms with Gasteiger partial charge in [-0.15, -0.1) is 35.3 Å². The highest BCUT2D eigenvalue weighted by Gasteiger charge is 2.19. The largest absolute Gasteiger partial charge is 0.377 e. The number of nitrogens with zero attached hydrogens (tertiary/aromatic N) is 3. The van der Waals surface area contributed by atoms with Crippen molar-refractivity contribution in [3.63, 3.8) is 0 Å². The minimum atomic E-state index is 0. The number of guanidine groups is 1. The second-order valence-electron chi connectivity index (χ2n) is 6.68. The van der Waals surface area contributed by atoms with E-state index in [1.807, 2.05) is 13.2 Å². The van der Waals surface area contributed by atoms with E-state index in [1.54, 1.807) is 11.3 Å². The molecule has 1 fully saturated rings. The van der Waals surface area contributed by atoms with Gasteiger partial charge in [-0.25, -0.2) is 4.98 Å². The van der Waals surface area contributed by atoms with Crippen LogP contribution in [0.25, 0.3) is 0 Å². The Morgan fingerprint density at radius 1 is 1.42 bits per heavy atom. The lowest BCUT2D eigenvalue weighted by molar-refractivity contribution is 0.0532. The Morgan fingerprint density at radius 2 is 2.15 bits per heavy atom. The second kappa shape index (κ2) is 12.9. The van der Waals surface area contributed by atoms with Crippen molar-refractivity contribution >= 4 is 41.3 Å². The molecule has 0 unspecified atom stereocenters. The first kappa shape index (κ1) is 23.6. The van der Waals surface area contributed by atoms with Crippen LogP contribution >= 0.6 is 35.3 Å². The van der Waals surface area contributed by atoms with Crippen molar-refractivity contribution < 1.29 is 4.74 Å². The molecule has 0 amide bonds. The summed E-state index contributed by atoms with van der Waals surface area (Å²) in [6, 6.07) is 0.482. The van der Waals surface area contributed by atoms with Gasteiger partial charge in [0.1, 0.15) is 5.01 Å². The summed E-state index contributed by atoms with van der Waals surface area (Å²) in [6.07, 6.45) is 5.61. The van der Waals surface area contributed by atoms with Crippen molar-refractivity contribution in [3.8, 4) is 0 Å². The highest BCUT2D eigenvalue weighted by atomic mass is 127. The van der Waals surface area contributed by atoms with E-state index in [0.29, 0.717) is 12.1 Å². The maximum atomic E-state index is 5.65. The zero-order valence-electron chi connectivity index (χ0n) is 16.5. The molecule has 1 aliphatic rings. The van der Waals surface area contributed by atoms with E-state index < -0.39 is 0 Å². The molecule has 0 saturated carbocycles. The molecule has 2 rings (SSSR count). The van der Waals surface area contributed by atoms with Crippen molar-refractivity contribution in [2.45, 2.75) is 58.7 Å². The van der Waals surface area contributed by atoms with Gasteiger partial charge in [-0.3, -0.25) is 4.99 Å². The number of aromatic nitrogens is 1. The Kier molecular flexibility index (Phi) is 11.7. The average molecular weight is 495 g/mol. The first-order valence-electron chi connectivity index (χ1n) is 9.35. The smallest absolute Gasteiger partial charge is 0.191 e. The summed E-state index contributed by atoms with van der Waals surface area (Å²) in [7, 11) is 1.83. The average Bonchev–Trinajstić information content (AvgIpc) is 3.07. The van der Waals surface area contributed by atoms with Gasteiger partial charge in [0, 0.05) is 43.8 Å². The number of aliphatic imine (C=N–C) groups is 1. The van der Waals surface area contributed by atoms with Crippen LogP contribution in [0, 0.1) is 0 Å². The molecule has 1 aromatic heterocycles. The third-order valence-corrected chi connectivity index (χ3v) is 5.51. The molecule has 0 radical (unpaired) electrons. The molecule has 2 N–H and O–H groups in total. The molecule has 0 aromatic carbocycles. The summed E-state index contributed by atoms with van der Waals surface area (Å²) in [4.78, 5) is 12.6. The summed E-state index contributed by atoms with van der Waals surface area (Å²) in [6.45, 7) is 11.1. The molecule has 0 spiro atoms. The van der Waals surface area contributed by atoms with Gasteiger partial charge in [-0.05, 0) is 33.1 Å². The van der Waals surface area contributed by atoms with Crippen molar-refractivity contribution in [1.82, 2.24) is 20.5 Å². The molecule has 1 aromatic rings. The van der Waals surface area contributed by atoms with Crippen molar-refractivity contribution in [2.24, 2.45) is 4.99 Å². The summed E-state index contributed by atoms with van der Waals surface area (Å²) in [5.41, 5.74) is 0. The topological polar surface area (TPSA) is 61.8 Å². The van der Waals surface area contributed by atoms with Crippen LogP contribution in [-0.2, 0) is 17.7 Å². The number of hydrogen-bond acceptors (Lipinski definition) is 5. The van der Waals surface area contributed by atoms with Gasteiger partial charge < -0.3 is 20.3 Å². The predicted molar refractivity (Wildman–Crippen MR) is 121 cm³/mol. The van der Waals surface area contributed by atoms with Crippen LogP contribution in [0.3, 0.4) is 0 Å². The van der Waals surface area contributed by atoms with E-state index in [-0.39, 0.29) is 24.0 Å². The normalized spacial score (nSPS) is 16.6. The Balaban J connectivity index is 0.00000338. The van der Waals surface area contributed by atoms with E-state index in [0.717, 1.165) is 63.0 Å². The van der Waals surface area contributed by atoms with E-state index in [2.05, 4.69) is 46.3 Å². The quantitative estimate of drug-likeness (QED) is 0.330. The maximum absolute atomic E-state index is 5.65. The molecule has 8 heteroatoms. The molecule has 150 valence electrons. The lowest BCUT2D eigenvalue weighted by Crippen LogP contribution is -2.49. The lowest BCUT2D eigenvalue weighted by atomic mass is 10.1. The van der Waals surface area contributed by atoms with E-state index >= 15 is 0 Å². The van der Waals surface area contributed by atoms with Gasteiger partial charge in [-0.2, -0.15) is 0 Å². The fraction of sp³-hybridized carbons (Fsp3) is 0.778. The van der Waals surface area contributed by atoms with Crippen molar-refractivity contribution in [2.75, 3.05) is 33.3 Å². The standard InChI is InChI=1S/C18H33N5OS.HI/c1-5-16-12-20-17(25-16)13-21-18(19-4)22-15-6-8-23(9-7-15)10-11-24-14(2)3;/h12,14-15H,5-11,13H2,1-4H3,(H2,19,21,22);1H. The van der Waals surface area contributed by atoms with Crippen LogP contribution < -0.4 is 10.6 Å². The number of rotatable bonds is 8. The minimum absolute atomic E-state index is 0. The molecule has 0 aliphatic carbocycles. The third kappa shape index (κ3) is 8.49. The summed E-state index contributed by atoms with van der Waals surface area (Å²) >= 11 is 1.77. The zero-order chi connectivity index (χ0) is 18.1. The number of hydrogen-bond donors (Lipinski definition) is 2. The second-order valence-corrected chi connectivity index (χ2v) is 7.88. The SMILES string of the molecule is CCc1cnc(CNC(=NC)NC2CCN(CCOC(C)C)CC2)s1.I. The van der Waals surface area contributed by atoms with Crippen LogP contribution in [-0.4, -0.2) is 61.3 Å². The van der Waals surface area contributed by atoms with Crippen LogP contribution in [0.4, 0.5) is 0 Å². The highest BCUT2D eigenvalue weighted by Crippen LogP contribution is 2.13. The molecule has 26 heavy (non-hydrogen) atoms. The Bertz CT molecular complexity index is 529. The first-order chi connectivity index (χ1) is 12.1. The number of nitrogens with one attached hydrogen (secondary N) is 2. The molecule has 0 atom stereocenters. The van der Waals surface area contributed by atoms with Gasteiger partial charge >= 0.3 is 0 Å². The van der Waals surface area contributed by atoms with Gasteiger partial charge in [-0.1, -0.05) is 6.92 Å². The first-order valence-corrected chi connectivity index (χ1v) is 10.2. The molecular formula is C18H34IN5OS. The highest BCUT2D eigenvalue weighted by molar-refractivity contribution is 14.0. The monoisotopic (exact) mass is 495 g/mol. The number of piperidine rings is 1. The maximum Gasteiger partial charge on any atom is 0.191 e. The van der Waals surface area contributed by atoms with E-state index in [1.165, 1.54) is 4.88 Å². The van der Waals surface area contributed by atoms with Crippen LogP contribution in [0.1, 0.15) is 43.5 Å².